The van der Waals surface area contributed by atoms with Crippen molar-refractivity contribution in [2.75, 3.05) is 0 Å². The predicted octanol–water partition coefficient (Wildman–Crippen LogP) is 3.64. The molecule has 0 heterocycles. The average Bonchev–Trinajstić information content (AvgIpc) is 2.38. The molecule has 0 saturated carbocycles. The number of rotatable bonds is 4. The summed E-state index contributed by atoms with van der Waals surface area (Å²) in [4.78, 5) is 0. The summed E-state index contributed by atoms with van der Waals surface area (Å²) >= 11 is 0. The van der Waals surface area contributed by atoms with Gasteiger partial charge in [-0.1, -0.05) is 42.5 Å². The second-order valence-electron chi connectivity index (χ2n) is 4.25. The third-order valence-corrected chi connectivity index (χ3v) is 2.99. The molecule has 2 aromatic carbocycles. The number of para-hydroxylation sites is 1. The number of halogens is 2. The highest BCUT2D eigenvalue weighted by Gasteiger charge is 2.17. The van der Waals surface area contributed by atoms with Crippen LogP contribution in [0.5, 0.6) is 5.75 Å². The van der Waals surface area contributed by atoms with Crippen molar-refractivity contribution in [1.82, 2.24) is 0 Å². The molecule has 0 aliphatic rings. The zero-order valence-corrected chi connectivity index (χ0v) is 10.5. The topological polar surface area (TPSA) is 35.2 Å². The Kier molecular flexibility index (Phi) is 4.12. The van der Waals surface area contributed by atoms with Crippen LogP contribution in [-0.2, 0) is 0 Å². The van der Waals surface area contributed by atoms with Gasteiger partial charge >= 0.3 is 6.61 Å². The molecule has 0 aliphatic carbocycles. The van der Waals surface area contributed by atoms with Gasteiger partial charge in [0.2, 0.25) is 0 Å². The fourth-order valence-corrected chi connectivity index (χ4v) is 2.04. The highest BCUT2D eigenvalue weighted by molar-refractivity contribution is 5.43. The quantitative estimate of drug-likeness (QED) is 0.914. The number of benzene rings is 2. The molecule has 19 heavy (non-hydrogen) atoms. The first kappa shape index (κ1) is 13.5. The van der Waals surface area contributed by atoms with Crippen LogP contribution in [0.1, 0.15) is 22.7 Å². The van der Waals surface area contributed by atoms with E-state index in [0.717, 1.165) is 11.1 Å². The first-order valence-corrected chi connectivity index (χ1v) is 5.94. The van der Waals surface area contributed by atoms with Crippen LogP contribution in [-0.4, -0.2) is 6.61 Å². The minimum Gasteiger partial charge on any atom is -0.434 e. The highest BCUT2D eigenvalue weighted by atomic mass is 19.3. The summed E-state index contributed by atoms with van der Waals surface area (Å²) in [6, 6.07) is 13.7. The van der Waals surface area contributed by atoms with E-state index < -0.39 is 12.7 Å². The van der Waals surface area contributed by atoms with Crippen LogP contribution in [0.25, 0.3) is 0 Å². The van der Waals surface area contributed by atoms with Crippen molar-refractivity contribution in [1.29, 1.82) is 0 Å². The Morgan fingerprint density at radius 1 is 0.947 bits per heavy atom. The van der Waals surface area contributed by atoms with Gasteiger partial charge in [-0.05, 0) is 24.1 Å². The Hall–Kier alpha value is -1.94. The van der Waals surface area contributed by atoms with Crippen molar-refractivity contribution >= 4 is 0 Å². The fraction of sp³-hybridized carbons (Fsp3) is 0.200. The van der Waals surface area contributed by atoms with E-state index in [4.69, 9.17) is 5.73 Å². The Balaban J connectivity index is 2.39. The summed E-state index contributed by atoms with van der Waals surface area (Å²) in [5.41, 5.74) is 8.63. The molecule has 0 spiro atoms. The van der Waals surface area contributed by atoms with Gasteiger partial charge in [-0.2, -0.15) is 8.78 Å². The van der Waals surface area contributed by atoms with Crippen molar-refractivity contribution in [2.24, 2.45) is 5.73 Å². The van der Waals surface area contributed by atoms with Crippen LogP contribution in [0.15, 0.2) is 48.5 Å². The third-order valence-electron chi connectivity index (χ3n) is 2.99. The van der Waals surface area contributed by atoms with E-state index in [1.807, 2.05) is 31.2 Å². The van der Waals surface area contributed by atoms with Crippen LogP contribution >= 0.6 is 0 Å². The average molecular weight is 263 g/mol. The number of hydrogen-bond acceptors (Lipinski definition) is 2. The first-order chi connectivity index (χ1) is 9.09. The van der Waals surface area contributed by atoms with Gasteiger partial charge < -0.3 is 10.5 Å². The molecule has 2 nitrogen and oxygen atoms in total. The van der Waals surface area contributed by atoms with Crippen LogP contribution in [0.2, 0.25) is 0 Å². The number of nitrogens with two attached hydrogens (primary N) is 1. The summed E-state index contributed by atoms with van der Waals surface area (Å²) in [6.07, 6.45) is 0. The third kappa shape index (κ3) is 3.09. The fourth-order valence-electron chi connectivity index (χ4n) is 2.04. The van der Waals surface area contributed by atoms with Crippen molar-refractivity contribution in [3.8, 4) is 5.75 Å². The maximum absolute atomic E-state index is 12.4. The van der Waals surface area contributed by atoms with Crippen LogP contribution < -0.4 is 10.5 Å². The number of aryl methyl sites for hydroxylation is 1. The van der Waals surface area contributed by atoms with Gasteiger partial charge in [0, 0.05) is 5.56 Å². The van der Waals surface area contributed by atoms with Crippen LogP contribution in [0, 0.1) is 6.92 Å². The van der Waals surface area contributed by atoms with Gasteiger partial charge in [0.05, 0.1) is 6.04 Å². The molecule has 0 aromatic heterocycles. The maximum atomic E-state index is 12.4. The number of hydrogen-bond donors (Lipinski definition) is 1. The number of alkyl halides is 2. The molecule has 2 aromatic rings. The lowest BCUT2D eigenvalue weighted by Gasteiger charge is -2.18. The second-order valence-corrected chi connectivity index (χ2v) is 4.25. The Morgan fingerprint density at radius 3 is 2.16 bits per heavy atom. The molecule has 0 radical (unpaired) electrons. The number of ether oxygens (including phenoxy) is 1. The van der Waals surface area contributed by atoms with Crippen molar-refractivity contribution < 1.29 is 13.5 Å². The molecule has 100 valence electrons. The van der Waals surface area contributed by atoms with Crippen LogP contribution in [0.3, 0.4) is 0 Å². The van der Waals surface area contributed by atoms with Crippen molar-refractivity contribution in [3.63, 3.8) is 0 Å². The van der Waals surface area contributed by atoms with E-state index in [1.54, 1.807) is 18.2 Å². The van der Waals surface area contributed by atoms with E-state index in [0.29, 0.717) is 5.56 Å². The Labute approximate surface area is 110 Å². The van der Waals surface area contributed by atoms with Gasteiger partial charge in [0.1, 0.15) is 5.75 Å². The lowest BCUT2D eigenvalue weighted by atomic mass is 9.95. The second kappa shape index (κ2) is 5.80. The summed E-state index contributed by atoms with van der Waals surface area (Å²) < 4.78 is 29.3. The normalized spacial score (nSPS) is 12.5. The molecule has 0 bridgehead atoms. The lowest BCUT2D eigenvalue weighted by Crippen LogP contribution is -2.15. The van der Waals surface area contributed by atoms with Crippen molar-refractivity contribution in [2.45, 2.75) is 19.6 Å². The Morgan fingerprint density at radius 2 is 1.53 bits per heavy atom. The first-order valence-electron chi connectivity index (χ1n) is 5.94. The van der Waals surface area contributed by atoms with Gasteiger partial charge in [-0.15, -0.1) is 0 Å². The summed E-state index contributed by atoms with van der Waals surface area (Å²) in [7, 11) is 0. The molecule has 0 aliphatic heterocycles. The largest absolute Gasteiger partial charge is 0.434 e. The standard InChI is InChI=1S/C15H15F2NO/c1-10-6-2-3-7-11(10)14(18)12-8-4-5-9-13(12)19-15(16)17/h2-9,14-15H,18H2,1H3. The molecule has 2 rings (SSSR count). The highest BCUT2D eigenvalue weighted by Crippen LogP contribution is 2.30. The zero-order valence-electron chi connectivity index (χ0n) is 10.5. The molecule has 0 amide bonds. The smallest absolute Gasteiger partial charge is 0.387 e. The molecular weight excluding hydrogens is 248 g/mol. The molecular formula is C15H15F2NO. The SMILES string of the molecule is Cc1ccccc1C(N)c1ccccc1OC(F)F. The van der Waals surface area contributed by atoms with Crippen LogP contribution in [0.4, 0.5) is 8.78 Å². The monoisotopic (exact) mass is 263 g/mol. The van der Waals surface area contributed by atoms with Crippen molar-refractivity contribution in [3.05, 3.63) is 65.2 Å². The maximum Gasteiger partial charge on any atom is 0.387 e. The Bertz CT molecular complexity index is 557. The van der Waals surface area contributed by atoms with E-state index in [9.17, 15) is 8.78 Å². The lowest BCUT2D eigenvalue weighted by molar-refractivity contribution is -0.0505. The van der Waals surface area contributed by atoms with E-state index in [2.05, 4.69) is 4.74 Å². The minimum atomic E-state index is -2.86. The predicted molar refractivity (Wildman–Crippen MR) is 70.3 cm³/mol. The van der Waals surface area contributed by atoms with Gasteiger partial charge in [-0.3, -0.25) is 0 Å². The molecule has 1 unspecified atom stereocenters. The van der Waals surface area contributed by atoms with E-state index >= 15 is 0 Å². The van der Waals surface area contributed by atoms with E-state index in [1.165, 1.54) is 6.07 Å². The molecule has 0 saturated heterocycles. The van der Waals surface area contributed by atoms with E-state index in [-0.39, 0.29) is 5.75 Å². The molecule has 0 fully saturated rings. The minimum absolute atomic E-state index is 0.119. The molecule has 1 atom stereocenters. The van der Waals surface area contributed by atoms with Gasteiger partial charge in [-0.25, -0.2) is 0 Å². The summed E-state index contributed by atoms with van der Waals surface area (Å²) in [5, 5.41) is 0. The molecule has 4 heteroatoms. The van der Waals surface area contributed by atoms with Gasteiger partial charge in [0.15, 0.2) is 0 Å². The summed E-state index contributed by atoms with van der Waals surface area (Å²) in [6.45, 7) is -0.920. The molecule has 2 N–H and O–H groups in total. The summed E-state index contributed by atoms with van der Waals surface area (Å²) in [5.74, 6) is 0.119. The zero-order chi connectivity index (χ0) is 13.8. The van der Waals surface area contributed by atoms with Gasteiger partial charge in [0.25, 0.3) is 0 Å².